The Bertz CT molecular complexity index is 1490. The van der Waals surface area contributed by atoms with E-state index in [1.54, 1.807) is 28.9 Å². The minimum Gasteiger partial charge on any atom is -0.355 e. The lowest BCUT2D eigenvalue weighted by molar-refractivity contribution is -0.122. The van der Waals surface area contributed by atoms with Crippen LogP contribution in [0.5, 0.6) is 0 Å². The zero-order valence-electron chi connectivity index (χ0n) is 21.7. The molecule has 1 N–H and O–H groups in total. The highest BCUT2D eigenvalue weighted by atomic mass is 35.5. The lowest BCUT2D eigenvalue weighted by Gasteiger charge is -2.23. The highest BCUT2D eigenvalue weighted by molar-refractivity contribution is 8.00. The zero-order chi connectivity index (χ0) is 27.5. The van der Waals surface area contributed by atoms with Crippen LogP contribution in [-0.4, -0.2) is 40.4 Å². The van der Waals surface area contributed by atoms with Gasteiger partial charge in [0.2, 0.25) is 11.8 Å². The molecule has 1 atom stereocenters. The van der Waals surface area contributed by atoms with Gasteiger partial charge < -0.3 is 5.32 Å². The largest absolute Gasteiger partial charge is 0.355 e. The van der Waals surface area contributed by atoms with Crippen molar-refractivity contribution < 1.29 is 14.0 Å². The van der Waals surface area contributed by atoms with Gasteiger partial charge >= 0.3 is 0 Å². The molecule has 1 aliphatic heterocycles. The van der Waals surface area contributed by atoms with Crippen LogP contribution in [0, 0.1) is 12.7 Å². The Hall–Kier alpha value is -3.62. The quantitative estimate of drug-likeness (QED) is 0.285. The number of hydrogen-bond acceptors (Lipinski definition) is 4. The maximum Gasteiger partial charge on any atom is 0.240 e. The molecule has 0 saturated heterocycles. The molecule has 0 spiro atoms. The Kier molecular flexibility index (Phi) is 8.04. The molecule has 2 heterocycles. The third kappa shape index (κ3) is 5.72. The molecule has 0 unspecified atom stereocenters. The van der Waals surface area contributed by atoms with Crippen LogP contribution in [0.15, 0.2) is 72.8 Å². The Morgan fingerprint density at radius 1 is 1.08 bits per heavy atom. The van der Waals surface area contributed by atoms with E-state index < -0.39 is 0 Å². The van der Waals surface area contributed by atoms with E-state index in [0.29, 0.717) is 23.1 Å². The average Bonchev–Trinajstić information content (AvgIpc) is 3.25. The zero-order valence-corrected chi connectivity index (χ0v) is 23.2. The number of fused-ring (bicyclic) bond motifs is 1. The number of carbonyl (C=O) groups excluding carboxylic acids is 2. The first-order valence-corrected chi connectivity index (χ1v) is 14.2. The predicted molar refractivity (Wildman–Crippen MR) is 155 cm³/mol. The average molecular weight is 563 g/mol. The number of thioether (sulfide) groups is 1. The smallest absolute Gasteiger partial charge is 0.240 e. The van der Waals surface area contributed by atoms with Gasteiger partial charge in [-0.2, -0.15) is 5.10 Å². The number of carbonyl (C=O) groups is 2. The van der Waals surface area contributed by atoms with Gasteiger partial charge in [0.15, 0.2) is 0 Å². The molecule has 6 nitrogen and oxygen atoms in total. The predicted octanol–water partition coefficient (Wildman–Crippen LogP) is 6.34. The Morgan fingerprint density at radius 2 is 1.77 bits per heavy atom. The first kappa shape index (κ1) is 27.0. The number of nitrogens with zero attached hydrogens (tertiary/aromatic N) is 3. The molecular weight excluding hydrogens is 535 g/mol. The fraction of sp³-hybridized carbons (Fsp3) is 0.233. The molecule has 200 valence electrons. The number of halogens is 2. The van der Waals surface area contributed by atoms with Gasteiger partial charge in [0.1, 0.15) is 18.2 Å². The molecule has 9 heteroatoms. The highest BCUT2D eigenvalue weighted by Gasteiger charge is 2.37. The number of amides is 2. The van der Waals surface area contributed by atoms with Crippen molar-refractivity contribution in [2.75, 3.05) is 23.7 Å². The van der Waals surface area contributed by atoms with E-state index in [0.717, 1.165) is 34.4 Å². The highest BCUT2D eigenvalue weighted by Crippen LogP contribution is 2.48. The van der Waals surface area contributed by atoms with Gasteiger partial charge in [-0.15, -0.1) is 11.8 Å². The molecule has 1 aliphatic rings. The minimum atomic E-state index is -0.337. The number of anilines is 1. The van der Waals surface area contributed by atoms with Crippen molar-refractivity contribution in [1.29, 1.82) is 0 Å². The van der Waals surface area contributed by atoms with Crippen molar-refractivity contribution >= 4 is 41.0 Å². The minimum absolute atomic E-state index is 0.139. The third-order valence-corrected chi connectivity index (χ3v) is 8.04. The van der Waals surface area contributed by atoms with Crippen LogP contribution in [0.3, 0.4) is 0 Å². The van der Waals surface area contributed by atoms with Crippen LogP contribution in [0.2, 0.25) is 5.02 Å². The summed E-state index contributed by atoms with van der Waals surface area (Å²) in [6, 6.07) is 21.5. The summed E-state index contributed by atoms with van der Waals surface area (Å²) in [7, 11) is 0. The second-order valence-corrected chi connectivity index (χ2v) is 10.9. The molecule has 2 amide bonds. The Labute approximate surface area is 236 Å². The molecule has 1 aromatic heterocycles. The summed E-state index contributed by atoms with van der Waals surface area (Å²) in [5, 5.41) is 8.19. The van der Waals surface area contributed by atoms with Crippen LogP contribution in [-0.2, 0) is 9.59 Å². The summed E-state index contributed by atoms with van der Waals surface area (Å²) in [5.41, 5.74) is 4.95. The van der Waals surface area contributed by atoms with Crippen molar-refractivity contribution in [3.05, 3.63) is 100 Å². The molecule has 3 aromatic carbocycles. The van der Waals surface area contributed by atoms with Gasteiger partial charge in [-0.25, -0.2) is 9.07 Å². The normalized spacial score (nSPS) is 15.1. The summed E-state index contributed by atoms with van der Waals surface area (Å²) >= 11 is 7.64. The second kappa shape index (κ2) is 11.6. The van der Waals surface area contributed by atoms with E-state index >= 15 is 0 Å². The van der Waals surface area contributed by atoms with Crippen molar-refractivity contribution in [1.82, 2.24) is 15.1 Å². The van der Waals surface area contributed by atoms with E-state index in [1.165, 1.54) is 28.8 Å². The summed E-state index contributed by atoms with van der Waals surface area (Å²) in [6.45, 7) is 4.36. The summed E-state index contributed by atoms with van der Waals surface area (Å²) in [6.07, 6.45) is 0.787. The Morgan fingerprint density at radius 3 is 2.44 bits per heavy atom. The van der Waals surface area contributed by atoms with Crippen LogP contribution in [0.1, 0.15) is 35.3 Å². The SMILES string of the molecule is CCCNC(=O)CN1C(=O)CS[C@@H](c2ccc(F)cc2)c2c(-c3ccc(Cl)cc3)nn(-c3ccc(C)cc3)c21. The van der Waals surface area contributed by atoms with Crippen LogP contribution in [0.25, 0.3) is 16.9 Å². The molecule has 5 rings (SSSR count). The fourth-order valence-electron chi connectivity index (χ4n) is 4.57. The van der Waals surface area contributed by atoms with Crippen LogP contribution >= 0.6 is 23.4 Å². The first-order valence-electron chi connectivity index (χ1n) is 12.8. The molecule has 0 radical (unpaired) electrons. The van der Waals surface area contributed by atoms with Gasteiger partial charge in [-0.05, 0) is 55.3 Å². The summed E-state index contributed by atoms with van der Waals surface area (Å²) < 4.78 is 15.6. The summed E-state index contributed by atoms with van der Waals surface area (Å²) in [4.78, 5) is 28.1. The molecule has 39 heavy (non-hydrogen) atoms. The van der Waals surface area contributed by atoms with E-state index in [1.807, 2.05) is 50.2 Å². The number of rotatable bonds is 7. The van der Waals surface area contributed by atoms with Gasteiger partial charge in [-0.3, -0.25) is 14.5 Å². The third-order valence-electron chi connectivity index (χ3n) is 6.53. The fourth-order valence-corrected chi connectivity index (χ4v) is 5.90. The molecule has 0 saturated carbocycles. The maximum absolute atomic E-state index is 13.9. The van der Waals surface area contributed by atoms with Gasteiger partial charge in [0, 0.05) is 22.7 Å². The maximum atomic E-state index is 13.9. The number of aryl methyl sites for hydroxylation is 1. The second-order valence-electron chi connectivity index (χ2n) is 9.41. The number of nitrogens with one attached hydrogen (secondary N) is 1. The summed E-state index contributed by atoms with van der Waals surface area (Å²) in [5.74, 6) is -0.110. The van der Waals surface area contributed by atoms with Gasteiger partial charge in [0.05, 0.1) is 22.4 Å². The van der Waals surface area contributed by atoms with E-state index in [-0.39, 0.29) is 35.2 Å². The van der Waals surface area contributed by atoms with E-state index in [4.69, 9.17) is 16.7 Å². The number of aromatic nitrogens is 2. The van der Waals surface area contributed by atoms with Gasteiger partial charge in [-0.1, -0.05) is 60.5 Å². The van der Waals surface area contributed by atoms with E-state index in [2.05, 4.69) is 5.32 Å². The lowest BCUT2D eigenvalue weighted by atomic mass is 9.99. The molecule has 4 aromatic rings. The molecule has 0 bridgehead atoms. The topological polar surface area (TPSA) is 67.2 Å². The molecular formula is C30H28ClFN4O2S. The van der Waals surface area contributed by atoms with Crippen LogP contribution in [0.4, 0.5) is 10.2 Å². The van der Waals surface area contributed by atoms with Crippen LogP contribution < -0.4 is 10.2 Å². The first-order chi connectivity index (χ1) is 18.9. The lowest BCUT2D eigenvalue weighted by Crippen LogP contribution is -2.42. The van der Waals surface area contributed by atoms with Crippen molar-refractivity contribution in [3.63, 3.8) is 0 Å². The van der Waals surface area contributed by atoms with Gasteiger partial charge in [0.25, 0.3) is 0 Å². The molecule has 0 aliphatic carbocycles. The molecule has 0 fully saturated rings. The van der Waals surface area contributed by atoms with Crippen molar-refractivity contribution in [2.45, 2.75) is 25.5 Å². The van der Waals surface area contributed by atoms with E-state index in [9.17, 15) is 14.0 Å². The standard InChI is InChI=1S/C30H28ClFN4O2S/c1-3-16-33-25(37)17-35-26(38)18-39-29(21-8-12-23(32)13-9-21)27-28(20-6-10-22(31)11-7-20)34-36(30(27)35)24-14-4-19(2)5-15-24/h4-15,29H,3,16-18H2,1-2H3,(H,33,37)/t29-/m0/s1. The van der Waals surface area contributed by atoms with Crippen molar-refractivity contribution in [3.8, 4) is 16.9 Å². The Balaban J connectivity index is 1.78. The monoisotopic (exact) mass is 562 g/mol. The van der Waals surface area contributed by atoms with Crippen molar-refractivity contribution in [2.24, 2.45) is 0 Å². The number of benzene rings is 3. The number of hydrogen-bond donors (Lipinski definition) is 1.